The highest BCUT2D eigenvalue weighted by atomic mass is 16.5. The number of amides is 1. The number of ketones is 1. The first kappa shape index (κ1) is 19.2. The number of methoxy groups -OCH3 is 1. The second-order valence-electron chi connectivity index (χ2n) is 5.68. The molecule has 2 rings (SSSR count). The summed E-state index contributed by atoms with van der Waals surface area (Å²) in [5.41, 5.74) is 2.16. The van der Waals surface area contributed by atoms with E-state index in [-0.39, 0.29) is 23.9 Å². The molecule has 0 aliphatic rings. The fourth-order valence-corrected chi connectivity index (χ4v) is 2.26. The summed E-state index contributed by atoms with van der Waals surface area (Å²) in [6.07, 6.45) is 0.374. The lowest BCUT2D eigenvalue weighted by Crippen LogP contribution is -2.15. The van der Waals surface area contributed by atoms with E-state index in [9.17, 15) is 14.4 Å². The van der Waals surface area contributed by atoms with E-state index in [0.29, 0.717) is 23.4 Å². The highest BCUT2D eigenvalue weighted by Crippen LogP contribution is 2.20. The normalized spacial score (nSPS) is 10.1. The lowest BCUT2D eigenvalue weighted by atomic mass is 10.1. The number of Topliss-reactive ketones (excluding diaryl/α,β-unsaturated/α-hetero) is 1. The van der Waals surface area contributed by atoms with E-state index in [0.717, 1.165) is 5.56 Å². The molecule has 0 aliphatic carbocycles. The van der Waals surface area contributed by atoms with E-state index < -0.39 is 5.97 Å². The molecule has 0 aliphatic heterocycles. The Bertz CT molecular complexity index is 811. The monoisotopic (exact) mass is 355 g/mol. The van der Waals surface area contributed by atoms with E-state index in [1.165, 1.54) is 7.11 Å². The number of hydrogen-bond acceptors (Lipinski definition) is 5. The maximum absolute atomic E-state index is 12.2. The van der Waals surface area contributed by atoms with E-state index in [2.05, 4.69) is 5.32 Å². The van der Waals surface area contributed by atoms with Gasteiger partial charge in [0.25, 0.3) is 0 Å². The Balaban J connectivity index is 1.99. The van der Waals surface area contributed by atoms with Crippen molar-refractivity contribution in [3.05, 3.63) is 59.2 Å². The van der Waals surface area contributed by atoms with Crippen LogP contribution in [0.1, 0.15) is 39.6 Å². The van der Waals surface area contributed by atoms with Crippen LogP contribution in [0, 0.1) is 6.92 Å². The van der Waals surface area contributed by atoms with Crippen molar-refractivity contribution in [1.29, 1.82) is 0 Å². The van der Waals surface area contributed by atoms with Crippen molar-refractivity contribution in [3.63, 3.8) is 0 Å². The molecule has 0 fully saturated rings. The highest BCUT2D eigenvalue weighted by molar-refractivity contribution is 6.00. The molecule has 26 heavy (non-hydrogen) atoms. The predicted molar refractivity (Wildman–Crippen MR) is 97.7 cm³/mol. The van der Waals surface area contributed by atoms with E-state index in [4.69, 9.17) is 9.47 Å². The molecule has 2 aromatic rings. The summed E-state index contributed by atoms with van der Waals surface area (Å²) in [6.45, 7) is 3.22. The Morgan fingerprint density at radius 3 is 2.35 bits per heavy atom. The summed E-state index contributed by atoms with van der Waals surface area (Å²) < 4.78 is 10.3. The molecule has 0 atom stereocenters. The van der Waals surface area contributed by atoms with Crippen molar-refractivity contribution >= 4 is 23.3 Å². The summed E-state index contributed by atoms with van der Waals surface area (Å²) >= 11 is 0. The largest absolute Gasteiger partial charge is 0.496 e. The van der Waals surface area contributed by atoms with Crippen molar-refractivity contribution < 1.29 is 23.9 Å². The zero-order valence-corrected chi connectivity index (χ0v) is 15.0. The van der Waals surface area contributed by atoms with Gasteiger partial charge >= 0.3 is 5.97 Å². The van der Waals surface area contributed by atoms with Crippen molar-refractivity contribution in [2.75, 3.05) is 19.0 Å². The lowest BCUT2D eigenvalue weighted by molar-refractivity contribution is -0.115. The fourth-order valence-electron chi connectivity index (χ4n) is 2.26. The molecule has 6 nitrogen and oxygen atoms in total. The number of carbonyl (C=O) groups is 3. The van der Waals surface area contributed by atoms with Crippen LogP contribution in [0.5, 0.6) is 5.75 Å². The lowest BCUT2D eigenvalue weighted by Gasteiger charge is -2.09. The predicted octanol–water partition coefficient (Wildman–Crippen LogP) is 3.39. The van der Waals surface area contributed by atoms with Gasteiger partial charge in [-0.15, -0.1) is 0 Å². The molecule has 136 valence electrons. The van der Waals surface area contributed by atoms with Crippen LogP contribution in [0.15, 0.2) is 42.5 Å². The highest BCUT2D eigenvalue weighted by Gasteiger charge is 2.16. The third-order valence-electron chi connectivity index (χ3n) is 3.72. The Morgan fingerprint density at radius 1 is 1.04 bits per heavy atom. The zero-order valence-electron chi connectivity index (χ0n) is 15.0. The minimum atomic E-state index is -0.620. The van der Waals surface area contributed by atoms with Gasteiger partial charge in [0, 0.05) is 17.7 Å². The van der Waals surface area contributed by atoms with Gasteiger partial charge in [-0.25, -0.2) is 4.79 Å². The van der Waals surface area contributed by atoms with Crippen molar-refractivity contribution in [1.82, 2.24) is 0 Å². The number of esters is 1. The van der Waals surface area contributed by atoms with Gasteiger partial charge in [0.1, 0.15) is 11.3 Å². The SMILES string of the molecule is CCC(=O)Nc1ccc(C(=O)COC(=O)c2cc(C)ccc2OC)cc1. The van der Waals surface area contributed by atoms with E-state index in [1.807, 2.05) is 13.0 Å². The molecular weight excluding hydrogens is 334 g/mol. The standard InChI is InChI=1S/C20H21NO5/c1-4-19(23)21-15-8-6-14(7-9-15)17(22)12-26-20(24)16-11-13(2)5-10-18(16)25-3/h5-11H,4,12H2,1-3H3,(H,21,23). The Morgan fingerprint density at radius 2 is 1.73 bits per heavy atom. The number of ether oxygens (including phenoxy) is 2. The van der Waals surface area contributed by atoms with Crippen molar-refractivity contribution in [3.8, 4) is 5.75 Å². The van der Waals surface area contributed by atoms with Crippen LogP contribution in [-0.2, 0) is 9.53 Å². The molecule has 0 unspecified atom stereocenters. The van der Waals surface area contributed by atoms with Crippen LogP contribution < -0.4 is 10.1 Å². The summed E-state index contributed by atoms with van der Waals surface area (Å²) in [5, 5.41) is 2.70. The molecule has 0 saturated heterocycles. The minimum Gasteiger partial charge on any atom is -0.496 e. The molecular formula is C20H21NO5. The van der Waals surface area contributed by atoms with E-state index in [1.54, 1.807) is 43.3 Å². The van der Waals surface area contributed by atoms with Gasteiger partial charge < -0.3 is 14.8 Å². The van der Waals surface area contributed by atoms with Crippen LogP contribution in [-0.4, -0.2) is 31.4 Å². The first-order chi connectivity index (χ1) is 12.4. The smallest absolute Gasteiger partial charge is 0.342 e. The van der Waals surface area contributed by atoms with Gasteiger partial charge in [0.05, 0.1) is 7.11 Å². The molecule has 0 heterocycles. The number of anilines is 1. The molecule has 1 amide bonds. The minimum absolute atomic E-state index is 0.106. The number of carbonyl (C=O) groups excluding carboxylic acids is 3. The fraction of sp³-hybridized carbons (Fsp3) is 0.250. The average Bonchev–Trinajstić information content (AvgIpc) is 2.66. The Labute approximate surface area is 152 Å². The molecule has 2 aromatic carbocycles. The number of aryl methyl sites for hydroxylation is 1. The third kappa shape index (κ3) is 4.92. The first-order valence-corrected chi connectivity index (χ1v) is 8.19. The molecule has 1 N–H and O–H groups in total. The first-order valence-electron chi connectivity index (χ1n) is 8.19. The maximum atomic E-state index is 12.2. The number of rotatable bonds is 7. The molecule has 0 radical (unpaired) electrons. The Hall–Kier alpha value is -3.15. The van der Waals surface area contributed by atoms with Gasteiger partial charge in [-0.2, -0.15) is 0 Å². The number of benzene rings is 2. The second kappa shape index (κ2) is 8.80. The second-order valence-corrected chi connectivity index (χ2v) is 5.68. The molecule has 0 bridgehead atoms. The molecule has 0 saturated carbocycles. The molecule has 0 spiro atoms. The third-order valence-corrected chi connectivity index (χ3v) is 3.72. The van der Waals surface area contributed by atoms with Crippen LogP contribution in [0.3, 0.4) is 0 Å². The number of nitrogens with one attached hydrogen (secondary N) is 1. The summed E-state index contributed by atoms with van der Waals surface area (Å²) in [5.74, 6) is -0.668. The topological polar surface area (TPSA) is 81.7 Å². The van der Waals surface area contributed by atoms with Gasteiger partial charge in [0.15, 0.2) is 12.4 Å². The summed E-state index contributed by atoms with van der Waals surface area (Å²) in [4.78, 5) is 35.8. The van der Waals surface area contributed by atoms with Crippen LogP contribution >= 0.6 is 0 Å². The van der Waals surface area contributed by atoms with Gasteiger partial charge in [0.2, 0.25) is 5.91 Å². The van der Waals surface area contributed by atoms with Crippen molar-refractivity contribution in [2.24, 2.45) is 0 Å². The summed E-state index contributed by atoms with van der Waals surface area (Å²) in [7, 11) is 1.46. The van der Waals surface area contributed by atoms with Crippen LogP contribution in [0.4, 0.5) is 5.69 Å². The zero-order chi connectivity index (χ0) is 19.1. The van der Waals surface area contributed by atoms with Crippen LogP contribution in [0.25, 0.3) is 0 Å². The average molecular weight is 355 g/mol. The van der Waals surface area contributed by atoms with Crippen LogP contribution in [0.2, 0.25) is 0 Å². The summed E-state index contributed by atoms with van der Waals surface area (Å²) in [6, 6.07) is 11.6. The maximum Gasteiger partial charge on any atom is 0.342 e. The quantitative estimate of drug-likeness (QED) is 0.608. The van der Waals surface area contributed by atoms with Gasteiger partial charge in [-0.3, -0.25) is 9.59 Å². The Kier molecular flexibility index (Phi) is 6.49. The van der Waals surface area contributed by atoms with Gasteiger partial charge in [-0.1, -0.05) is 18.6 Å². The molecule has 0 aromatic heterocycles. The number of hydrogen-bond donors (Lipinski definition) is 1. The van der Waals surface area contributed by atoms with Gasteiger partial charge in [-0.05, 0) is 43.3 Å². The molecule has 6 heteroatoms. The van der Waals surface area contributed by atoms with Crippen molar-refractivity contribution in [2.45, 2.75) is 20.3 Å². The van der Waals surface area contributed by atoms with E-state index >= 15 is 0 Å².